The number of aryl methyl sites for hydroxylation is 1. The molecule has 0 bridgehead atoms. The molecular formula is C17H16N4. The van der Waals surface area contributed by atoms with Crippen molar-refractivity contribution in [2.45, 2.75) is 13.3 Å². The maximum Gasteiger partial charge on any atom is 0.181 e. The molecule has 3 aromatic rings. The van der Waals surface area contributed by atoms with Crippen LogP contribution in [0.4, 0.5) is 5.82 Å². The smallest absolute Gasteiger partial charge is 0.181 e. The molecule has 2 aromatic heterocycles. The molecule has 3 rings (SSSR count). The SMILES string of the molecule is CCc1cccnc1-c1nc(N)cc(-c2ccccc2)n1. The molecule has 1 aromatic carbocycles. The van der Waals surface area contributed by atoms with Gasteiger partial charge in [0.05, 0.1) is 5.69 Å². The Morgan fingerprint density at radius 3 is 2.57 bits per heavy atom. The largest absolute Gasteiger partial charge is 0.384 e. The summed E-state index contributed by atoms with van der Waals surface area (Å²) < 4.78 is 0. The third-order valence-corrected chi connectivity index (χ3v) is 3.30. The van der Waals surface area contributed by atoms with E-state index in [1.807, 2.05) is 42.5 Å². The van der Waals surface area contributed by atoms with Gasteiger partial charge in [-0.1, -0.05) is 43.3 Å². The molecule has 0 aliphatic carbocycles. The highest BCUT2D eigenvalue weighted by Crippen LogP contribution is 2.24. The molecule has 2 N–H and O–H groups in total. The van der Waals surface area contributed by atoms with Crippen molar-refractivity contribution in [3.63, 3.8) is 0 Å². The lowest BCUT2D eigenvalue weighted by molar-refractivity contribution is 1.07. The van der Waals surface area contributed by atoms with Crippen molar-refractivity contribution in [2.75, 3.05) is 5.73 Å². The lowest BCUT2D eigenvalue weighted by Gasteiger charge is -2.08. The topological polar surface area (TPSA) is 64.7 Å². The van der Waals surface area contributed by atoms with Crippen LogP contribution in [0.25, 0.3) is 22.8 Å². The van der Waals surface area contributed by atoms with Crippen molar-refractivity contribution in [1.29, 1.82) is 0 Å². The summed E-state index contributed by atoms with van der Waals surface area (Å²) in [5.74, 6) is 1.03. The van der Waals surface area contributed by atoms with Crippen LogP contribution in [0.1, 0.15) is 12.5 Å². The molecule has 0 spiro atoms. The maximum atomic E-state index is 5.95. The highest BCUT2D eigenvalue weighted by atomic mass is 15.0. The second-order valence-corrected chi connectivity index (χ2v) is 4.73. The maximum absolute atomic E-state index is 5.95. The summed E-state index contributed by atoms with van der Waals surface area (Å²) in [7, 11) is 0. The van der Waals surface area contributed by atoms with E-state index < -0.39 is 0 Å². The van der Waals surface area contributed by atoms with E-state index in [0.29, 0.717) is 11.6 Å². The molecule has 104 valence electrons. The van der Waals surface area contributed by atoms with Crippen LogP contribution in [-0.4, -0.2) is 15.0 Å². The van der Waals surface area contributed by atoms with Crippen molar-refractivity contribution < 1.29 is 0 Å². The van der Waals surface area contributed by atoms with Crippen LogP contribution in [0.2, 0.25) is 0 Å². The summed E-state index contributed by atoms with van der Waals surface area (Å²) in [5, 5.41) is 0. The Labute approximate surface area is 123 Å². The van der Waals surface area contributed by atoms with Crippen LogP contribution < -0.4 is 5.73 Å². The number of hydrogen-bond donors (Lipinski definition) is 1. The van der Waals surface area contributed by atoms with E-state index in [9.17, 15) is 0 Å². The number of aromatic nitrogens is 3. The van der Waals surface area contributed by atoms with E-state index in [0.717, 1.165) is 28.9 Å². The molecule has 4 nitrogen and oxygen atoms in total. The zero-order valence-corrected chi connectivity index (χ0v) is 11.8. The predicted octanol–water partition coefficient (Wildman–Crippen LogP) is 3.35. The summed E-state index contributed by atoms with van der Waals surface area (Å²) >= 11 is 0. The van der Waals surface area contributed by atoms with Gasteiger partial charge in [-0.2, -0.15) is 0 Å². The molecule has 0 amide bonds. The van der Waals surface area contributed by atoms with E-state index in [1.54, 1.807) is 12.3 Å². The molecule has 0 radical (unpaired) electrons. The minimum absolute atomic E-state index is 0.451. The Kier molecular flexibility index (Phi) is 3.60. The fourth-order valence-electron chi connectivity index (χ4n) is 2.25. The van der Waals surface area contributed by atoms with Gasteiger partial charge in [0.15, 0.2) is 5.82 Å². The molecule has 0 unspecified atom stereocenters. The first-order valence-electron chi connectivity index (χ1n) is 6.92. The van der Waals surface area contributed by atoms with Gasteiger partial charge >= 0.3 is 0 Å². The lowest BCUT2D eigenvalue weighted by Crippen LogP contribution is -2.01. The fraction of sp³-hybridized carbons (Fsp3) is 0.118. The molecule has 0 saturated heterocycles. The zero-order chi connectivity index (χ0) is 14.7. The molecule has 0 aliphatic heterocycles. The normalized spacial score (nSPS) is 10.5. The number of nitrogen functional groups attached to an aromatic ring is 1. The number of nitrogens with zero attached hydrogens (tertiary/aromatic N) is 3. The van der Waals surface area contributed by atoms with Crippen LogP contribution >= 0.6 is 0 Å². The molecule has 0 fully saturated rings. The van der Waals surface area contributed by atoms with E-state index in [2.05, 4.69) is 21.9 Å². The summed E-state index contributed by atoms with van der Waals surface area (Å²) in [6, 6.07) is 15.7. The lowest BCUT2D eigenvalue weighted by atomic mass is 10.1. The first kappa shape index (κ1) is 13.2. The molecule has 2 heterocycles. The van der Waals surface area contributed by atoms with Crippen LogP contribution in [0, 0.1) is 0 Å². The van der Waals surface area contributed by atoms with E-state index in [-0.39, 0.29) is 0 Å². The van der Waals surface area contributed by atoms with Gasteiger partial charge in [-0.05, 0) is 18.1 Å². The number of nitrogens with two attached hydrogens (primary N) is 1. The van der Waals surface area contributed by atoms with Gasteiger partial charge in [0.1, 0.15) is 11.5 Å². The number of rotatable bonds is 3. The Hall–Kier alpha value is -2.75. The zero-order valence-electron chi connectivity index (χ0n) is 11.8. The first-order chi connectivity index (χ1) is 10.3. The molecule has 0 aliphatic rings. The van der Waals surface area contributed by atoms with Gasteiger partial charge < -0.3 is 5.73 Å². The average molecular weight is 276 g/mol. The average Bonchev–Trinajstić information content (AvgIpc) is 2.55. The van der Waals surface area contributed by atoms with E-state index in [1.165, 1.54) is 0 Å². The standard InChI is InChI=1S/C17H16N4/c1-2-12-9-6-10-19-16(12)17-20-14(11-15(18)21-17)13-7-4-3-5-8-13/h3-11H,2H2,1H3,(H2,18,20,21). The number of benzene rings is 1. The van der Waals surface area contributed by atoms with Crippen molar-refractivity contribution in [3.05, 3.63) is 60.3 Å². The Bertz CT molecular complexity index is 754. The minimum atomic E-state index is 0.451. The summed E-state index contributed by atoms with van der Waals surface area (Å²) in [5.41, 5.74) is 9.68. The summed E-state index contributed by atoms with van der Waals surface area (Å²) in [4.78, 5) is 13.4. The Balaban J connectivity index is 2.14. The summed E-state index contributed by atoms with van der Waals surface area (Å²) in [6.07, 6.45) is 2.63. The third-order valence-electron chi connectivity index (χ3n) is 3.30. The molecule has 0 saturated carbocycles. The van der Waals surface area contributed by atoms with Crippen molar-refractivity contribution in [2.24, 2.45) is 0 Å². The molecule has 21 heavy (non-hydrogen) atoms. The van der Waals surface area contributed by atoms with Crippen molar-refractivity contribution >= 4 is 5.82 Å². The van der Waals surface area contributed by atoms with Crippen LogP contribution in [0.3, 0.4) is 0 Å². The van der Waals surface area contributed by atoms with Crippen molar-refractivity contribution in [1.82, 2.24) is 15.0 Å². The van der Waals surface area contributed by atoms with Crippen molar-refractivity contribution in [3.8, 4) is 22.8 Å². The van der Waals surface area contributed by atoms with Gasteiger partial charge in [-0.15, -0.1) is 0 Å². The monoisotopic (exact) mass is 276 g/mol. The van der Waals surface area contributed by atoms with E-state index in [4.69, 9.17) is 5.73 Å². The molecule has 4 heteroatoms. The van der Waals surface area contributed by atoms with Crippen LogP contribution in [0.15, 0.2) is 54.7 Å². The number of hydrogen-bond acceptors (Lipinski definition) is 4. The number of pyridine rings is 1. The first-order valence-corrected chi connectivity index (χ1v) is 6.92. The predicted molar refractivity (Wildman–Crippen MR) is 84.5 cm³/mol. The number of anilines is 1. The van der Waals surface area contributed by atoms with E-state index >= 15 is 0 Å². The fourth-order valence-corrected chi connectivity index (χ4v) is 2.25. The van der Waals surface area contributed by atoms with Gasteiger partial charge in [0, 0.05) is 17.8 Å². The van der Waals surface area contributed by atoms with Gasteiger partial charge in [0.25, 0.3) is 0 Å². The molecule has 0 atom stereocenters. The van der Waals surface area contributed by atoms with Crippen LogP contribution in [-0.2, 0) is 6.42 Å². The van der Waals surface area contributed by atoms with Gasteiger partial charge in [-0.3, -0.25) is 4.98 Å². The Morgan fingerprint density at radius 2 is 1.81 bits per heavy atom. The van der Waals surface area contributed by atoms with Crippen LogP contribution in [0.5, 0.6) is 0 Å². The Morgan fingerprint density at radius 1 is 1.00 bits per heavy atom. The highest BCUT2D eigenvalue weighted by Gasteiger charge is 2.11. The minimum Gasteiger partial charge on any atom is -0.384 e. The van der Waals surface area contributed by atoms with Gasteiger partial charge in [-0.25, -0.2) is 9.97 Å². The summed E-state index contributed by atoms with van der Waals surface area (Å²) in [6.45, 7) is 2.09. The second kappa shape index (κ2) is 5.71. The highest BCUT2D eigenvalue weighted by molar-refractivity contribution is 5.66. The third kappa shape index (κ3) is 2.74. The van der Waals surface area contributed by atoms with Gasteiger partial charge in [0.2, 0.25) is 0 Å². The second-order valence-electron chi connectivity index (χ2n) is 4.73. The quantitative estimate of drug-likeness (QED) is 0.796. The molecular weight excluding hydrogens is 260 g/mol.